The summed E-state index contributed by atoms with van der Waals surface area (Å²) >= 11 is 0. The van der Waals surface area contributed by atoms with Crippen LogP contribution in [0.15, 0.2) is 36.4 Å². The maximum Gasteiger partial charge on any atom is 0.522 e. The predicted octanol–water partition coefficient (Wildman–Crippen LogP) is 3.01. The number of benzene rings is 1. The number of carbonyl (C=O) groups is 4. The Hall–Kier alpha value is -4.52. The smallest absolute Gasteiger partial charge is 0.481 e. The van der Waals surface area contributed by atoms with Gasteiger partial charge < -0.3 is 30.3 Å². The third kappa shape index (κ3) is 12.7. The number of amides is 3. The molecule has 3 amide bonds. The number of nitrogens with zero attached hydrogens (tertiary/aromatic N) is 4. The van der Waals surface area contributed by atoms with Gasteiger partial charge in [-0.1, -0.05) is 43.7 Å². The van der Waals surface area contributed by atoms with Crippen molar-refractivity contribution in [1.29, 1.82) is 0 Å². The molecule has 0 bridgehead atoms. The first-order valence-corrected chi connectivity index (χ1v) is 16.0. The number of anilines is 1. The maximum absolute atomic E-state index is 13.3. The van der Waals surface area contributed by atoms with E-state index in [1.807, 2.05) is 30.3 Å². The molecule has 4 N–H and O–H groups in total. The second-order valence-corrected chi connectivity index (χ2v) is 11.4. The van der Waals surface area contributed by atoms with Crippen LogP contribution in [0, 0.1) is 0 Å². The molecule has 0 radical (unpaired) electrons. The van der Waals surface area contributed by atoms with Gasteiger partial charge in [0.15, 0.2) is 5.82 Å². The number of ether oxygens (including phenoxy) is 1. The predicted molar refractivity (Wildman–Crippen MR) is 162 cm³/mol. The molecule has 1 aromatic heterocycles. The number of halogens is 3. The molecule has 1 atom stereocenters. The lowest BCUT2D eigenvalue weighted by Crippen LogP contribution is -2.56. The van der Waals surface area contributed by atoms with Gasteiger partial charge in [0.2, 0.25) is 5.91 Å². The van der Waals surface area contributed by atoms with E-state index in [0.29, 0.717) is 18.2 Å². The summed E-state index contributed by atoms with van der Waals surface area (Å²) < 4.78 is 62.6. The summed E-state index contributed by atoms with van der Waals surface area (Å²) in [7, 11) is -5.84. The van der Waals surface area contributed by atoms with Crippen molar-refractivity contribution in [2.45, 2.75) is 51.1 Å². The molecule has 1 saturated heterocycles. The first-order chi connectivity index (χ1) is 22.1. The maximum atomic E-state index is 13.3. The number of hydrogen-bond donors (Lipinski definition) is 4. The van der Waals surface area contributed by atoms with Gasteiger partial charge in [0.05, 0.1) is 6.61 Å². The second-order valence-electron chi connectivity index (χ2n) is 10.00. The molecule has 19 heteroatoms. The summed E-state index contributed by atoms with van der Waals surface area (Å²) in [6.07, 6.45) is 1.07. The molecule has 1 fully saturated rings. The van der Waals surface area contributed by atoms with E-state index in [1.54, 1.807) is 6.92 Å². The third-order valence-electron chi connectivity index (χ3n) is 6.49. The summed E-state index contributed by atoms with van der Waals surface area (Å²) in [5.74, 6) is -1.27. The molecule has 1 aliphatic rings. The van der Waals surface area contributed by atoms with Gasteiger partial charge in [0.25, 0.3) is 5.91 Å². The fraction of sp³-hybridized carbons (Fsp3) is 0.500. The number of carboxylic acids is 1. The number of aromatic nitrogens is 2. The second kappa shape index (κ2) is 18.0. The van der Waals surface area contributed by atoms with E-state index in [-0.39, 0.29) is 51.3 Å². The van der Waals surface area contributed by atoms with E-state index < -0.39 is 45.5 Å². The van der Waals surface area contributed by atoms with Crippen molar-refractivity contribution in [3.05, 3.63) is 42.1 Å². The molecular formula is C28H37F3N6O9S. The Kier molecular flexibility index (Phi) is 14.8. The number of rotatable bonds is 12. The highest BCUT2D eigenvalue weighted by molar-refractivity contribution is 7.86. The van der Waals surface area contributed by atoms with Crippen LogP contribution < -0.4 is 10.6 Å². The first kappa shape index (κ1) is 38.7. The standard InChI is InChI=1S/C27H36N6O6.CHF3O3S/c1-3-5-13-28-22-18-21(29-24(31-22)19-9-7-6-8-10-19)25(36)30-20(11-12-23(34)35)26(37)32-14-16-33(17-15-32)27(38)39-4-2;2-1(3,4)8(5,6)7/h6-10,18,20H,3-5,11-17H2,1-2H3,(H,30,36)(H,34,35)(H,28,29,31);(H,5,6,7). The highest BCUT2D eigenvalue weighted by Crippen LogP contribution is 2.21. The van der Waals surface area contributed by atoms with Gasteiger partial charge in [-0.05, 0) is 19.8 Å². The number of unbranched alkanes of at least 4 members (excludes halogenated alkanes) is 1. The Balaban J connectivity index is 0.000000849. The Morgan fingerprint density at radius 1 is 1.02 bits per heavy atom. The minimum absolute atomic E-state index is 0.0584. The molecule has 1 aromatic carbocycles. The van der Waals surface area contributed by atoms with Crippen LogP contribution >= 0.6 is 0 Å². The molecule has 3 rings (SSSR count). The van der Waals surface area contributed by atoms with Gasteiger partial charge in [-0.15, -0.1) is 0 Å². The summed E-state index contributed by atoms with van der Waals surface area (Å²) in [5.41, 5.74) is -4.75. The van der Waals surface area contributed by atoms with Gasteiger partial charge >= 0.3 is 27.7 Å². The zero-order valence-electron chi connectivity index (χ0n) is 25.7. The van der Waals surface area contributed by atoms with E-state index in [4.69, 9.17) is 17.7 Å². The van der Waals surface area contributed by atoms with Crippen molar-refractivity contribution >= 4 is 39.8 Å². The minimum Gasteiger partial charge on any atom is -0.481 e. The van der Waals surface area contributed by atoms with Crippen LogP contribution in [-0.2, 0) is 24.4 Å². The molecule has 0 spiro atoms. The number of aliphatic carboxylic acids is 1. The lowest BCUT2D eigenvalue weighted by molar-refractivity contribution is -0.138. The van der Waals surface area contributed by atoms with Crippen LogP contribution in [0.4, 0.5) is 23.8 Å². The molecule has 1 aliphatic heterocycles. The van der Waals surface area contributed by atoms with Crippen molar-refractivity contribution in [3.8, 4) is 11.4 Å². The lowest BCUT2D eigenvalue weighted by Gasteiger charge is -2.35. The van der Waals surface area contributed by atoms with Crippen molar-refractivity contribution in [2.24, 2.45) is 0 Å². The highest BCUT2D eigenvalue weighted by Gasteiger charge is 2.44. The quantitative estimate of drug-likeness (QED) is 0.144. The van der Waals surface area contributed by atoms with Crippen LogP contribution in [-0.4, -0.2) is 113 Å². The number of carboxylic acid groups (broad SMARTS) is 1. The molecule has 260 valence electrons. The van der Waals surface area contributed by atoms with Crippen molar-refractivity contribution in [2.75, 3.05) is 44.6 Å². The molecule has 0 saturated carbocycles. The first-order valence-electron chi connectivity index (χ1n) is 14.5. The molecule has 1 unspecified atom stereocenters. The number of nitrogens with one attached hydrogen (secondary N) is 2. The van der Waals surface area contributed by atoms with Crippen LogP contribution in [0.5, 0.6) is 0 Å². The Labute approximate surface area is 269 Å². The number of alkyl halides is 3. The molecule has 0 aliphatic carbocycles. The van der Waals surface area contributed by atoms with E-state index in [9.17, 15) is 37.5 Å². The average molecular weight is 691 g/mol. The lowest BCUT2D eigenvalue weighted by atomic mass is 10.1. The van der Waals surface area contributed by atoms with Gasteiger partial charge in [0, 0.05) is 50.8 Å². The molecular weight excluding hydrogens is 653 g/mol. The Morgan fingerprint density at radius 3 is 2.15 bits per heavy atom. The van der Waals surface area contributed by atoms with Crippen molar-refractivity contribution in [3.63, 3.8) is 0 Å². The minimum atomic E-state index is -5.84. The van der Waals surface area contributed by atoms with E-state index in [2.05, 4.69) is 27.5 Å². The van der Waals surface area contributed by atoms with Crippen LogP contribution in [0.1, 0.15) is 50.0 Å². The van der Waals surface area contributed by atoms with Gasteiger partial charge in [-0.25, -0.2) is 14.8 Å². The van der Waals surface area contributed by atoms with Gasteiger partial charge in [-0.3, -0.25) is 18.9 Å². The highest BCUT2D eigenvalue weighted by atomic mass is 32.2. The molecule has 47 heavy (non-hydrogen) atoms. The fourth-order valence-electron chi connectivity index (χ4n) is 4.07. The Bertz CT molecular complexity index is 1470. The van der Waals surface area contributed by atoms with E-state index >= 15 is 0 Å². The topological polar surface area (TPSA) is 208 Å². The van der Waals surface area contributed by atoms with Gasteiger partial charge in [-0.2, -0.15) is 21.6 Å². The van der Waals surface area contributed by atoms with Crippen LogP contribution in [0.25, 0.3) is 11.4 Å². The number of carbonyl (C=O) groups excluding carboxylic acids is 3. The van der Waals surface area contributed by atoms with E-state index in [1.165, 1.54) is 15.9 Å². The SMILES string of the molecule is CCCCNc1cc(C(=O)NC(CCC(=O)O)C(=O)N2CCN(C(=O)OCC)CC2)nc(-c2ccccc2)n1.O=S(=O)(O)C(F)(F)F. The van der Waals surface area contributed by atoms with E-state index in [0.717, 1.165) is 18.4 Å². The number of hydrogen-bond acceptors (Lipinski definition) is 10. The third-order valence-corrected chi connectivity index (χ3v) is 7.07. The zero-order valence-corrected chi connectivity index (χ0v) is 26.5. The monoisotopic (exact) mass is 690 g/mol. The average Bonchev–Trinajstić information content (AvgIpc) is 3.02. The Morgan fingerprint density at radius 2 is 1.62 bits per heavy atom. The zero-order chi connectivity index (χ0) is 35.2. The summed E-state index contributed by atoms with van der Waals surface area (Å²) in [5, 5.41) is 15.1. The normalized spacial score (nSPS) is 13.9. The fourth-order valence-corrected chi connectivity index (χ4v) is 4.07. The summed E-state index contributed by atoms with van der Waals surface area (Å²) in [4.78, 5) is 62.0. The summed E-state index contributed by atoms with van der Waals surface area (Å²) in [6.45, 7) is 5.76. The van der Waals surface area contributed by atoms with Crippen LogP contribution in [0.2, 0.25) is 0 Å². The number of piperazine rings is 1. The molecule has 15 nitrogen and oxygen atoms in total. The largest absolute Gasteiger partial charge is 0.522 e. The van der Waals surface area contributed by atoms with Crippen LogP contribution in [0.3, 0.4) is 0 Å². The molecule has 2 aromatic rings. The van der Waals surface area contributed by atoms with Crippen molar-refractivity contribution in [1.82, 2.24) is 25.1 Å². The van der Waals surface area contributed by atoms with Crippen molar-refractivity contribution < 1.29 is 55.2 Å². The van der Waals surface area contributed by atoms with Gasteiger partial charge in [0.1, 0.15) is 17.6 Å². The summed E-state index contributed by atoms with van der Waals surface area (Å²) in [6, 6.07) is 9.68. The molecule has 2 heterocycles.